The van der Waals surface area contributed by atoms with Crippen molar-refractivity contribution in [3.8, 4) is 0 Å². The average Bonchev–Trinajstić information content (AvgIpc) is 2.94. The summed E-state index contributed by atoms with van der Waals surface area (Å²) in [5, 5.41) is 6.98. The van der Waals surface area contributed by atoms with E-state index in [9.17, 15) is 9.18 Å². The van der Waals surface area contributed by atoms with Crippen LogP contribution in [0.1, 0.15) is 23.3 Å². The smallest absolute Gasteiger partial charge is 0.269 e. The van der Waals surface area contributed by atoms with Crippen molar-refractivity contribution < 1.29 is 9.18 Å². The molecule has 116 valence electrons. The van der Waals surface area contributed by atoms with Gasteiger partial charge in [-0.3, -0.25) is 9.48 Å². The van der Waals surface area contributed by atoms with Crippen LogP contribution in [0, 0.1) is 5.82 Å². The van der Waals surface area contributed by atoms with Crippen molar-refractivity contribution in [3.63, 3.8) is 0 Å². The molecule has 3 rings (SSSR count). The van der Waals surface area contributed by atoms with Gasteiger partial charge in [-0.2, -0.15) is 5.10 Å². The zero-order valence-corrected chi connectivity index (χ0v) is 12.4. The second-order valence-electron chi connectivity index (χ2n) is 5.41. The van der Waals surface area contributed by atoms with Crippen molar-refractivity contribution in [2.24, 2.45) is 7.05 Å². The Morgan fingerprint density at radius 3 is 3.00 bits per heavy atom. The number of piperidine rings is 1. The predicted octanol–water partition coefficient (Wildman–Crippen LogP) is 1.35. The van der Waals surface area contributed by atoms with Gasteiger partial charge >= 0.3 is 0 Å². The molecule has 0 radical (unpaired) electrons. The molecule has 0 aliphatic carbocycles. The minimum Gasteiger partial charge on any atom is -0.352 e. The van der Waals surface area contributed by atoms with Crippen molar-refractivity contribution in [1.29, 1.82) is 0 Å². The van der Waals surface area contributed by atoms with Gasteiger partial charge in [0.1, 0.15) is 5.69 Å². The summed E-state index contributed by atoms with van der Waals surface area (Å²) in [4.78, 5) is 18.2. The maximum Gasteiger partial charge on any atom is 0.269 e. The van der Waals surface area contributed by atoms with Gasteiger partial charge in [0.15, 0.2) is 11.6 Å². The lowest BCUT2D eigenvalue weighted by Gasteiger charge is -2.34. The zero-order valence-electron chi connectivity index (χ0n) is 12.4. The molecule has 22 heavy (non-hydrogen) atoms. The number of halogens is 1. The van der Waals surface area contributed by atoms with Crippen LogP contribution < -0.4 is 10.2 Å². The standard InChI is InChI=1S/C15H18FN5O/c1-20-13(6-8-18-20)15(22)19-11-4-3-9-21(10-11)14-12(16)5-2-7-17-14/h2,5-8,11H,3-4,9-10H2,1H3,(H,19,22). The molecule has 0 aromatic carbocycles. The molecule has 6 nitrogen and oxygen atoms in total. The first kappa shape index (κ1) is 14.5. The minimum absolute atomic E-state index is 0.0300. The Labute approximate surface area is 128 Å². The number of pyridine rings is 1. The summed E-state index contributed by atoms with van der Waals surface area (Å²) >= 11 is 0. The molecule has 1 aliphatic heterocycles. The number of amides is 1. The Kier molecular flexibility index (Phi) is 4.04. The predicted molar refractivity (Wildman–Crippen MR) is 80.1 cm³/mol. The summed E-state index contributed by atoms with van der Waals surface area (Å²) < 4.78 is 15.4. The first-order valence-corrected chi connectivity index (χ1v) is 7.29. The van der Waals surface area contributed by atoms with E-state index in [1.54, 1.807) is 31.6 Å². The van der Waals surface area contributed by atoms with Crippen molar-refractivity contribution >= 4 is 11.7 Å². The van der Waals surface area contributed by atoms with Crippen LogP contribution in [0.5, 0.6) is 0 Å². The topological polar surface area (TPSA) is 63.1 Å². The molecule has 7 heteroatoms. The number of rotatable bonds is 3. The molecule has 1 amide bonds. The van der Waals surface area contributed by atoms with E-state index in [4.69, 9.17) is 0 Å². The van der Waals surface area contributed by atoms with Crippen LogP contribution in [0.25, 0.3) is 0 Å². The number of aromatic nitrogens is 3. The van der Waals surface area contributed by atoms with E-state index in [0.717, 1.165) is 19.4 Å². The molecule has 2 aromatic rings. The first-order valence-electron chi connectivity index (χ1n) is 7.29. The van der Waals surface area contributed by atoms with Crippen LogP contribution in [0.2, 0.25) is 0 Å². The second kappa shape index (κ2) is 6.13. The van der Waals surface area contributed by atoms with E-state index in [-0.39, 0.29) is 17.8 Å². The highest BCUT2D eigenvalue weighted by Gasteiger charge is 2.24. The zero-order chi connectivity index (χ0) is 15.5. The molecule has 1 saturated heterocycles. The second-order valence-corrected chi connectivity index (χ2v) is 5.41. The number of carbonyl (C=O) groups is 1. The third kappa shape index (κ3) is 2.93. The summed E-state index contributed by atoms with van der Waals surface area (Å²) in [6.07, 6.45) is 4.92. The molecule has 0 saturated carbocycles. The lowest BCUT2D eigenvalue weighted by molar-refractivity contribution is 0.0923. The van der Waals surface area contributed by atoms with Gasteiger partial charge in [-0.05, 0) is 31.0 Å². The van der Waals surface area contributed by atoms with Gasteiger partial charge in [-0.1, -0.05) is 0 Å². The van der Waals surface area contributed by atoms with Crippen molar-refractivity contribution in [3.05, 3.63) is 42.1 Å². The molecule has 0 spiro atoms. The van der Waals surface area contributed by atoms with E-state index in [1.807, 2.05) is 4.90 Å². The minimum atomic E-state index is -0.332. The number of anilines is 1. The fourth-order valence-electron chi connectivity index (χ4n) is 2.75. The maximum atomic E-state index is 13.8. The van der Waals surface area contributed by atoms with Gasteiger partial charge in [0.2, 0.25) is 0 Å². The Bertz CT molecular complexity index is 671. The summed E-state index contributed by atoms with van der Waals surface area (Å²) in [5.74, 6) is -0.142. The molecular weight excluding hydrogens is 285 g/mol. The molecule has 0 bridgehead atoms. The van der Waals surface area contributed by atoms with Crippen LogP contribution in [0.3, 0.4) is 0 Å². The third-order valence-corrected chi connectivity index (χ3v) is 3.85. The van der Waals surface area contributed by atoms with Gasteiger partial charge in [0.25, 0.3) is 5.91 Å². The van der Waals surface area contributed by atoms with Crippen LogP contribution in [0.15, 0.2) is 30.6 Å². The molecule has 1 unspecified atom stereocenters. The highest BCUT2D eigenvalue weighted by Crippen LogP contribution is 2.20. The molecule has 1 fully saturated rings. The van der Waals surface area contributed by atoms with Crippen LogP contribution in [0.4, 0.5) is 10.2 Å². The van der Waals surface area contributed by atoms with Gasteiger partial charge in [-0.15, -0.1) is 0 Å². The average molecular weight is 303 g/mol. The van der Waals surface area contributed by atoms with E-state index >= 15 is 0 Å². The van der Waals surface area contributed by atoms with Crippen LogP contribution in [-0.4, -0.2) is 39.8 Å². The molecule has 2 aromatic heterocycles. The monoisotopic (exact) mass is 303 g/mol. The summed E-state index contributed by atoms with van der Waals surface area (Å²) in [7, 11) is 1.73. The van der Waals surface area contributed by atoms with Gasteiger partial charge in [-0.25, -0.2) is 9.37 Å². The SMILES string of the molecule is Cn1nccc1C(=O)NC1CCCN(c2ncccc2F)C1. The number of nitrogens with zero attached hydrogens (tertiary/aromatic N) is 4. The van der Waals surface area contributed by atoms with Crippen LogP contribution in [-0.2, 0) is 7.05 Å². The molecule has 1 atom stereocenters. The normalized spacial score (nSPS) is 18.3. The quantitative estimate of drug-likeness (QED) is 0.930. The number of hydrogen-bond donors (Lipinski definition) is 1. The fourth-order valence-corrected chi connectivity index (χ4v) is 2.75. The van der Waals surface area contributed by atoms with Crippen molar-refractivity contribution in [2.45, 2.75) is 18.9 Å². The van der Waals surface area contributed by atoms with E-state index in [0.29, 0.717) is 18.1 Å². The van der Waals surface area contributed by atoms with Gasteiger partial charge in [0.05, 0.1) is 0 Å². The summed E-state index contributed by atoms with van der Waals surface area (Å²) in [6.45, 7) is 1.30. The van der Waals surface area contributed by atoms with Crippen molar-refractivity contribution in [1.82, 2.24) is 20.1 Å². The lowest BCUT2D eigenvalue weighted by Crippen LogP contribution is -2.48. The highest BCUT2D eigenvalue weighted by molar-refractivity contribution is 5.92. The number of nitrogens with one attached hydrogen (secondary N) is 1. The van der Waals surface area contributed by atoms with Crippen LogP contribution >= 0.6 is 0 Å². The van der Waals surface area contributed by atoms with E-state index in [1.165, 1.54) is 10.7 Å². The van der Waals surface area contributed by atoms with E-state index < -0.39 is 0 Å². The molecular formula is C15H18FN5O. The largest absolute Gasteiger partial charge is 0.352 e. The highest BCUT2D eigenvalue weighted by atomic mass is 19.1. The Morgan fingerprint density at radius 1 is 1.41 bits per heavy atom. The lowest BCUT2D eigenvalue weighted by atomic mass is 10.1. The molecule has 3 heterocycles. The van der Waals surface area contributed by atoms with Gasteiger partial charge < -0.3 is 10.2 Å². The van der Waals surface area contributed by atoms with Crippen molar-refractivity contribution in [2.75, 3.05) is 18.0 Å². The summed E-state index contributed by atoms with van der Waals surface area (Å²) in [5.41, 5.74) is 0.515. The Morgan fingerprint density at radius 2 is 2.27 bits per heavy atom. The number of carbonyl (C=O) groups excluding carboxylic acids is 1. The fraction of sp³-hybridized carbons (Fsp3) is 0.400. The first-order chi connectivity index (χ1) is 10.6. The van der Waals surface area contributed by atoms with Gasteiger partial charge in [0, 0.05) is 38.6 Å². The maximum absolute atomic E-state index is 13.8. The number of hydrogen-bond acceptors (Lipinski definition) is 4. The molecule has 1 N–H and O–H groups in total. The molecule has 1 aliphatic rings. The Hall–Kier alpha value is -2.44. The number of aryl methyl sites for hydroxylation is 1. The van der Waals surface area contributed by atoms with E-state index in [2.05, 4.69) is 15.4 Å². The summed E-state index contributed by atoms with van der Waals surface area (Å²) in [6, 6.07) is 4.62. The third-order valence-electron chi connectivity index (χ3n) is 3.85. The Balaban J connectivity index is 1.68.